The highest BCUT2D eigenvalue weighted by Gasteiger charge is 2.81. The number of halogens is 13. The summed E-state index contributed by atoms with van der Waals surface area (Å²) in [5.41, 5.74) is -5.67. The molecular weight excluding hydrogens is 401 g/mol. The van der Waals surface area contributed by atoms with Crippen LogP contribution in [0, 0.1) is 0 Å². The van der Waals surface area contributed by atoms with Crippen molar-refractivity contribution in [3.8, 4) is 0 Å². The minimum atomic E-state index is -7.39. The third-order valence-corrected chi connectivity index (χ3v) is 2.77. The Hall–Kier alpha value is -1.48. The second kappa shape index (κ2) is 6.68. The van der Waals surface area contributed by atoms with Crippen LogP contribution < -0.4 is 11.3 Å². The predicted octanol–water partition coefficient (Wildman–Crippen LogP) is 3.63. The fourth-order valence-corrected chi connectivity index (χ4v) is 1.25. The Morgan fingerprint density at radius 3 is 1.24 bits per heavy atom. The summed E-state index contributed by atoms with van der Waals surface area (Å²) in [6.07, 6.45) is -20.1. The van der Waals surface area contributed by atoms with Gasteiger partial charge < -0.3 is 16.1 Å². The summed E-state index contributed by atoms with van der Waals surface area (Å²) in [5.74, 6) is -24.9. The summed E-state index contributed by atoms with van der Waals surface area (Å²) in [6, 6.07) is 0. The van der Waals surface area contributed by atoms with Crippen LogP contribution in [0.15, 0.2) is 0 Å². The molecule has 0 aromatic rings. The number of alkyl halides is 13. The highest BCUT2D eigenvalue weighted by Crippen LogP contribution is 2.55. The van der Waals surface area contributed by atoms with E-state index < -0.39 is 54.6 Å². The van der Waals surface area contributed by atoms with Gasteiger partial charge in [-0.15, -0.1) is 0 Å². The van der Waals surface area contributed by atoms with E-state index in [1.54, 1.807) is 0 Å². The van der Waals surface area contributed by atoms with Crippen molar-refractivity contribution in [2.24, 2.45) is 0 Å². The number of rotatable bonds is 6. The minimum absolute atomic E-state index is 0. The first-order valence-electron chi connectivity index (χ1n) is 5.32. The number of carboxylic acid groups (broad SMARTS) is 1. The van der Waals surface area contributed by atoms with Gasteiger partial charge in [-0.1, -0.05) is 0 Å². The molecule has 1 unspecified atom stereocenters. The number of quaternary nitrogens is 1. The molecule has 0 radical (unpaired) electrons. The van der Waals surface area contributed by atoms with Crippen LogP contribution in [0.3, 0.4) is 0 Å². The Kier molecular flexibility index (Phi) is 6.88. The van der Waals surface area contributed by atoms with Gasteiger partial charge in [0.1, 0.15) is 0 Å². The monoisotopic (exact) mass is 409 g/mol. The number of carbonyl (C=O) groups excluding carboxylic acids is 1. The molecule has 152 valence electrons. The lowest BCUT2D eigenvalue weighted by Gasteiger charge is -2.35. The van der Waals surface area contributed by atoms with Crippen LogP contribution in [0.2, 0.25) is 0 Å². The summed E-state index contributed by atoms with van der Waals surface area (Å²) >= 11 is 0. The molecule has 1 atom stereocenters. The van der Waals surface area contributed by atoms with Crippen molar-refractivity contribution < 1.29 is 67.0 Å². The second-order valence-corrected chi connectivity index (χ2v) is 4.44. The molecular formula is C9H8F13NO2. The SMILES string of the molecule is O=C([O-])C(F)(CCC(F)(F)C(F)(F)C(F)(F)C(F)(F)F)C(F)(F)F.[NH4+]. The number of hydrogen-bond donors (Lipinski definition) is 1. The molecule has 0 aliphatic rings. The third kappa shape index (κ3) is 4.20. The van der Waals surface area contributed by atoms with E-state index in [2.05, 4.69) is 0 Å². The first kappa shape index (κ1) is 25.8. The van der Waals surface area contributed by atoms with Crippen molar-refractivity contribution in [2.75, 3.05) is 0 Å². The molecule has 16 heteroatoms. The maximum absolute atomic E-state index is 13.1. The van der Waals surface area contributed by atoms with E-state index in [1.165, 1.54) is 0 Å². The first-order chi connectivity index (χ1) is 10.2. The molecule has 0 saturated carbocycles. The van der Waals surface area contributed by atoms with Crippen molar-refractivity contribution >= 4 is 5.97 Å². The average Bonchev–Trinajstić information content (AvgIpc) is 2.32. The Balaban J connectivity index is 0. The molecule has 0 bridgehead atoms. The van der Waals surface area contributed by atoms with Gasteiger partial charge in [-0.2, -0.15) is 52.7 Å². The van der Waals surface area contributed by atoms with Crippen LogP contribution in [0.1, 0.15) is 12.8 Å². The summed E-state index contributed by atoms with van der Waals surface area (Å²) in [4.78, 5) is 10.0. The van der Waals surface area contributed by atoms with Crippen LogP contribution >= 0.6 is 0 Å². The zero-order chi connectivity index (χ0) is 20.0. The number of hydrogen-bond acceptors (Lipinski definition) is 2. The fourth-order valence-electron chi connectivity index (χ4n) is 1.25. The maximum atomic E-state index is 13.1. The van der Waals surface area contributed by atoms with Crippen LogP contribution in [-0.4, -0.2) is 41.8 Å². The van der Waals surface area contributed by atoms with Crippen molar-refractivity contribution in [1.82, 2.24) is 6.15 Å². The molecule has 0 saturated heterocycles. The van der Waals surface area contributed by atoms with Gasteiger partial charge in [0.05, 0.1) is 5.97 Å². The van der Waals surface area contributed by atoms with E-state index in [4.69, 9.17) is 0 Å². The van der Waals surface area contributed by atoms with Gasteiger partial charge in [-0.3, -0.25) is 0 Å². The molecule has 0 aliphatic carbocycles. The molecule has 0 rings (SSSR count). The van der Waals surface area contributed by atoms with Gasteiger partial charge in [0, 0.05) is 12.8 Å². The lowest BCUT2D eigenvalue weighted by atomic mass is 9.92. The molecule has 0 amide bonds. The largest absolute Gasteiger partial charge is 0.546 e. The molecule has 0 aromatic heterocycles. The summed E-state index contributed by atoms with van der Waals surface area (Å²) in [5, 5.41) is 10.0. The van der Waals surface area contributed by atoms with Gasteiger partial charge in [0.15, 0.2) is 0 Å². The molecule has 0 aromatic carbocycles. The quantitative estimate of drug-likeness (QED) is 0.681. The van der Waals surface area contributed by atoms with E-state index in [0.717, 1.165) is 0 Å². The Labute approximate surface area is 129 Å². The van der Waals surface area contributed by atoms with Crippen molar-refractivity contribution in [3.63, 3.8) is 0 Å². The summed E-state index contributed by atoms with van der Waals surface area (Å²) < 4.78 is 161. The standard InChI is InChI=1S/C9H5F13O2.H3N/c10-4(3(23)24,8(17,18)19)1-2-5(11,12)6(13,14)7(15,16)9(20,21)22;/h1-2H2,(H,23,24);1H3. The number of carbonyl (C=O) groups is 1. The fraction of sp³-hybridized carbons (Fsp3) is 0.889. The smallest absolute Gasteiger partial charge is 0.460 e. The molecule has 4 N–H and O–H groups in total. The molecule has 0 aliphatic heterocycles. The Morgan fingerprint density at radius 2 is 1.00 bits per heavy atom. The maximum Gasteiger partial charge on any atom is 0.460 e. The van der Waals surface area contributed by atoms with E-state index in [9.17, 15) is 67.0 Å². The van der Waals surface area contributed by atoms with E-state index in [0.29, 0.717) is 0 Å². The third-order valence-electron chi connectivity index (χ3n) is 2.77. The lowest BCUT2D eigenvalue weighted by molar-refractivity contribution is -0.398. The summed E-state index contributed by atoms with van der Waals surface area (Å²) in [6.45, 7) is 0. The molecule has 0 heterocycles. The average molecular weight is 409 g/mol. The second-order valence-electron chi connectivity index (χ2n) is 4.44. The van der Waals surface area contributed by atoms with E-state index in [1.807, 2.05) is 0 Å². The topological polar surface area (TPSA) is 76.6 Å². The predicted molar refractivity (Wildman–Crippen MR) is 51.0 cm³/mol. The minimum Gasteiger partial charge on any atom is -0.546 e. The van der Waals surface area contributed by atoms with E-state index >= 15 is 0 Å². The van der Waals surface area contributed by atoms with Crippen molar-refractivity contribution in [3.05, 3.63) is 0 Å². The number of aliphatic carboxylic acids is 1. The van der Waals surface area contributed by atoms with Crippen LogP contribution in [0.25, 0.3) is 0 Å². The van der Waals surface area contributed by atoms with Crippen LogP contribution in [0.5, 0.6) is 0 Å². The van der Waals surface area contributed by atoms with Gasteiger partial charge in [0.2, 0.25) is 5.67 Å². The molecule has 0 spiro atoms. The van der Waals surface area contributed by atoms with Crippen LogP contribution in [0.4, 0.5) is 57.1 Å². The number of carboxylic acids is 1. The Bertz CT molecular complexity index is 483. The molecule has 3 nitrogen and oxygen atoms in total. The summed E-state index contributed by atoms with van der Waals surface area (Å²) in [7, 11) is 0. The van der Waals surface area contributed by atoms with Gasteiger partial charge in [-0.05, 0) is 0 Å². The highest BCUT2D eigenvalue weighted by atomic mass is 19.4. The molecule has 0 fully saturated rings. The van der Waals surface area contributed by atoms with E-state index in [-0.39, 0.29) is 6.15 Å². The zero-order valence-corrected chi connectivity index (χ0v) is 11.6. The van der Waals surface area contributed by atoms with Crippen LogP contribution in [-0.2, 0) is 4.79 Å². The molecule has 25 heavy (non-hydrogen) atoms. The lowest BCUT2D eigenvalue weighted by Crippen LogP contribution is -2.62. The first-order valence-corrected chi connectivity index (χ1v) is 5.32. The Morgan fingerprint density at radius 1 is 0.640 bits per heavy atom. The van der Waals surface area contributed by atoms with Gasteiger partial charge >= 0.3 is 30.1 Å². The van der Waals surface area contributed by atoms with Gasteiger partial charge in [0.25, 0.3) is 0 Å². The van der Waals surface area contributed by atoms with Crippen molar-refractivity contribution in [1.29, 1.82) is 0 Å². The normalized spacial score (nSPS) is 16.8. The highest BCUT2D eigenvalue weighted by molar-refractivity contribution is 5.76. The zero-order valence-electron chi connectivity index (χ0n) is 11.6. The van der Waals surface area contributed by atoms with Crippen molar-refractivity contribution in [2.45, 2.75) is 48.6 Å². The van der Waals surface area contributed by atoms with Gasteiger partial charge in [-0.25, -0.2) is 4.39 Å².